The number of thiazole rings is 1. The van der Waals surface area contributed by atoms with Gasteiger partial charge in [-0.3, -0.25) is 4.79 Å². The van der Waals surface area contributed by atoms with Gasteiger partial charge in [0.15, 0.2) is 11.5 Å². The van der Waals surface area contributed by atoms with Gasteiger partial charge in [-0.05, 0) is 24.1 Å². The van der Waals surface area contributed by atoms with Gasteiger partial charge in [0.05, 0.1) is 25.8 Å². The van der Waals surface area contributed by atoms with Gasteiger partial charge in [-0.2, -0.15) is 0 Å². The second-order valence-corrected chi connectivity index (χ2v) is 7.57. The molecule has 0 saturated heterocycles. The number of hydrogen-bond acceptors (Lipinski definition) is 7. The molecule has 0 atom stereocenters. The Morgan fingerprint density at radius 2 is 2.00 bits per heavy atom. The maximum Gasteiger partial charge on any atom is 0.227 e. The largest absolute Gasteiger partial charge is 0.550 e. The monoisotopic (exact) mass is 419 g/mol. The van der Waals surface area contributed by atoms with Crippen LogP contribution >= 0.6 is 11.3 Å². The van der Waals surface area contributed by atoms with Crippen molar-refractivity contribution in [3.63, 3.8) is 0 Å². The second kappa shape index (κ2) is 12.1. The molecule has 158 valence electrons. The molecule has 0 saturated carbocycles. The molecule has 2 rings (SSSR count). The average molecular weight is 420 g/mol. The summed E-state index contributed by atoms with van der Waals surface area (Å²) in [6.45, 7) is 3.18. The molecule has 8 heteroatoms. The van der Waals surface area contributed by atoms with Crippen LogP contribution in [0.3, 0.4) is 0 Å². The first kappa shape index (κ1) is 22.7. The van der Waals surface area contributed by atoms with Crippen molar-refractivity contribution < 1.29 is 24.2 Å². The number of methoxy groups -OCH3 is 1. The molecule has 0 aliphatic carbocycles. The number of nitrogens with zero attached hydrogens (tertiary/aromatic N) is 1. The summed E-state index contributed by atoms with van der Waals surface area (Å²) in [5.41, 5.74) is 1.30. The van der Waals surface area contributed by atoms with Crippen molar-refractivity contribution in [2.45, 2.75) is 52.0 Å². The molecule has 0 aliphatic rings. The zero-order valence-corrected chi connectivity index (χ0v) is 17.7. The standard InChI is InChI=1S/C21H28N2O5S/c1-3-4-5-6-9-28-17-8-7-15(10-18(17)27-2)13-22-19(24)12-20-23-16(14-29-20)11-21(25)26/h7-8,10,14H,3-6,9,11-13H2,1-2H3,(H,22,24)(H,25,26)/p-1. The van der Waals surface area contributed by atoms with E-state index in [1.807, 2.05) is 18.2 Å². The first-order chi connectivity index (χ1) is 14.0. The fourth-order valence-electron chi connectivity index (χ4n) is 2.71. The lowest BCUT2D eigenvalue weighted by Crippen LogP contribution is -2.25. The lowest BCUT2D eigenvalue weighted by Gasteiger charge is -2.12. The van der Waals surface area contributed by atoms with Gasteiger partial charge in [0.1, 0.15) is 5.01 Å². The number of carboxylic acids is 1. The van der Waals surface area contributed by atoms with Crippen LogP contribution in [0.25, 0.3) is 0 Å². The molecule has 1 heterocycles. The van der Waals surface area contributed by atoms with E-state index >= 15 is 0 Å². The van der Waals surface area contributed by atoms with Crippen molar-refractivity contribution in [2.24, 2.45) is 0 Å². The highest BCUT2D eigenvalue weighted by atomic mass is 32.1. The maximum absolute atomic E-state index is 12.1. The number of carboxylic acid groups (broad SMARTS) is 1. The summed E-state index contributed by atoms with van der Waals surface area (Å²) >= 11 is 1.26. The summed E-state index contributed by atoms with van der Waals surface area (Å²) in [5, 5.41) is 15.6. The Bertz CT molecular complexity index is 806. The van der Waals surface area contributed by atoms with E-state index < -0.39 is 5.97 Å². The third-order valence-electron chi connectivity index (χ3n) is 4.21. The number of carbonyl (C=O) groups excluding carboxylic acids is 2. The zero-order chi connectivity index (χ0) is 21.1. The molecule has 1 aromatic carbocycles. The number of nitrogens with one attached hydrogen (secondary N) is 1. The molecule has 0 radical (unpaired) electrons. The quantitative estimate of drug-likeness (QED) is 0.500. The Labute approximate surface area is 175 Å². The number of aromatic nitrogens is 1. The van der Waals surface area contributed by atoms with Crippen molar-refractivity contribution in [2.75, 3.05) is 13.7 Å². The van der Waals surface area contributed by atoms with Crippen LogP contribution in [0, 0.1) is 0 Å². The lowest BCUT2D eigenvalue weighted by molar-refractivity contribution is -0.304. The van der Waals surface area contributed by atoms with Crippen LogP contribution in [0.1, 0.15) is 48.9 Å². The van der Waals surface area contributed by atoms with Gasteiger partial charge in [0.2, 0.25) is 5.91 Å². The van der Waals surface area contributed by atoms with Crippen LogP contribution < -0.4 is 19.9 Å². The topological polar surface area (TPSA) is 101 Å². The number of unbranched alkanes of at least 4 members (excludes halogenated alkanes) is 3. The normalized spacial score (nSPS) is 10.6. The number of amides is 1. The van der Waals surface area contributed by atoms with Crippen molar-refractivity contribution in [3.8, 4) is 11.5 Å². The first-order valence-corrected chi connectivity index (χ1v) is 10.6. The molecule has 29 heavy (non-hydrogen) atoms. The Morgan fingerprint density at radius 3 is 2.72 bits per heavy atom. The van der Waals surface area contributed by atoms with Crippen LogP contribution in [0.2, 0.25) is 0 Å². The predicted octanol–water partition coefficient (Wildman–Crippen LogP) is 2.26. The number of rotatable bonds is 13. The van der Waals surface area contributed by atoms with Crippen LogP contribution in [-0.4, -0.2) is 30.6 Å². The molecule has 0 fully saturated rings. The molecular formula is C21H27N2O5S-. The molecule has 0 unspecified atom stereocenters. The van der Waals surface area contributed by atoms with E-state index in [-0.39, 0.29) is 18.7 Å². The summed E-state index contributed by atoms with van der Waals surface area (Å²) in [4.78, 5) is 26.9. The Balaban J connectivity index is 1.82. The maximum atomic E-state index is 12.1. The van der Waals surface area contributed by atoms with Crippen molar-refractivity contribution >= 4 is 23.2 Å². The molecular weight excluding hydrogens is 392 g/mol. The minimum Gasteiger partial charge on any atom is -0.550 e. The Kier molecular flexibility index (Phi) is 9.43. The summed E-state index contributed by atoms with van der Waals surface area (Å²) in [6.07, 6.45) is 4.41. The van der Waals surface area contributed by atoms with E-state index in [1.54, 1.807) is 12.5 Å². The molecule has 1 N–H and O–H groups in total. The number of hydrogen-bond donors (Lipinski definition) is 1. The van der Waals surface area contributed by atoms with E-state index in [4.69, 9.17) is 9.47 Å². The van der Waals surface area contributed by atoms with Gasteiger partial charge in [-0.25, -0.2) is 4.98 Å². The molecule has 7 nitrogen and oxygen atoms in total. The Morgan fingerprint density at radius 1 is 1.17 bits per heavy atom. The number of ether oxygens (including phenoxy) is 2. The first-order valence-electron chi connectivity index (χ1n) is 9.71. The van der Waals surface area contributed by atoms with Gasteiger partial charge < -0.3 is 24.7 Å². The van der Waals surface area contributed by atoms with Crippen molar-refractivity contribution in [1.82, 2.24) is 10.3 Å². The summed E-state index contributed by atoms with van der Waals surface area (Å²) in [7, 11) is 1.59. The molecule has 0 bridgehead atoms. The van der Waals surface area contributed by atoms with E-state index in [0.29, 0.717) is 35.4 Å². The van der Waals surface area contributed by atoms with E-state index in [9.17, 15) is 14.7 Å². The molecule has 1 aromatic heterocycles. The van der Waals surface area contributed by atoms with Gasteiger partial charge in [0, 0.05) is 24.3 Å². The fraction of sp³-hybridized carbons (Fsp3) is 0.476. The van der Waals surface area contributed by atoms with Crippen LogP contribution in [0.4, 0.5) is 0 Å². The number of benzene rings is 1. The number of carbonyl (C=O) groups is 2. The minimum atomic E-state index is -1.19. The average Bonchev–Trinajstić information content (AvgIpc) is 3.12. The summed E-state index contributed by atoms with van der Waals surface area (Å²) in [5.74, 6) is -0.0374. The van der Waals surface area contributed by atoms with Crippen molar-refractivity contribution in [1.29, 1.82) is 0 Å². The van der Waals surface area contributed by atoms with Crippen LogP contribution in [0.15, 0.2) is 23.6 Å². The van der Waals surface area contributed by atoms with E-state index in [2.05, 4.69) is 17.2 Å². The van der Waals surface area contributed by atoms with E-state index in [1.165, 1.54) is 24.2 Å². The van der Waals surface area contributed by atoms with Gasteiger partial charge >= 0.3 is 0 Å². The number of aliphatic carboxylic acids is 1. The molecule has 0 aliphatic heterocycles. The predicted molar refractivity (Wildman–Crippen MR) is 109 cm³/mol. The lowest BCUT2D eigenvalue weighted by atomic mass is 10.2. The highest BCUT2D eigenvalue weighted by molar-refractivity contribution is 7.09. The SMILES string of the molecule is CCCCCCOc1ccc(CNC(=O)Cc2nc(CC(=O)[O-])cs2)cc1OC. The van der Waals surface area contributed by atoms with Gasteiger partial charge in [-0.15, -0.1) is 11.3 Å². The summed E-state index contributed by atoms with van der Waals surface area (Å²) < 4.78 is 11.2. The third kappa shape index (κ3) is 8.11. The highest BCUT2D eigenvalue weighted by Gasteiger charge is 2.10. The molecule has 2 aromatic rings. The third-order valence-corrected chi connectivity index (χ3v) is 5.11. The molecule has 0 spiro atoms. The fourth-order valence-corrected chi connectivity index (χ4v) is 3.50. The highest BCUT2D eigenvalue weighted by Crippen LogP contribution is 2.28. The van der Waals surface area contributed by atoms with Crippen molar-refractivity contribution in [3.05, 3.63) is 39.8 Å². The zero-order valence-electron chi connectivity index (χ0n) is 16.9. The van der Waals surface area contributed by atoms with Gasteiger partial charge in [0.25, 0.3) is 0 Å². The minimum absolute atomic E-state index is 0.105. The Hall–Kier alpha value is -2.61. The van der Waals surface area contributed by atoms with Crippen LogP contribution in [-0.2, 0) is 29.0 Å². The van der Waals surface area contributed by atoms with Crippen LogP contribution in [0.5, 0.6) is 11.5 Å². The smallest absolute Gasteiger partial charge is 0.227 e. The molecule has 1 amide bonds. The van der Waals surface area contributed by atoms with E-state index in [0.717, 1.165) is 18.4 Å². The second-order valence-electron chi connectivity index (χ2n) is 6.63. The summed E-state index contributed by atoms with van der Waals surface area (Å²) in [6, 6.07) is 5.60. The van der Waals surface area contributed by atoms with Gasteiger partial charge in [-0.1, -0.05) is 32.3 Å².